The number of rotatable bonds is 8. The van der Waals surface area contributed by atoms with Gasteiger partial charge in [0.15, 0.2) is 0 Å². The molecule has 0 atom stereocenters. The first-order valence-electron chi connectivity index (χ1n) is 6.82. The average molecular weight is 354 g/mol. The van der Waals surface area contributed by atoms with Gasteiger partial charge in [0.2, 0.25) is 0 Å². The molecule has 0 saturated heterocycles. The molecule has 0 aliphatic rings. The van der Waals surface area contributed by atoms with Crippen LogP contribution in [0.1, 0.15) is 53.4 Å². The standard InChI is InChI=1S/2C6H15O2P.Fe/c2*1-3-5-9(7,8)6-4-2;/h2*3-6H2,1-2H3,(H,7,8);/q;;+2/p-2. The van der Waals surface area contributed by atoms with Crippen molar-refractivity contribution in [2.75, 3.05) is 24.6 Å². The summed E-state index contributed by atoms with van der Waals surface area (Å²) in [4.78, 5) is 21.7. The van der Waals surface area contributed by atoms with Crippen LogP contribution >= 0.6 is 14.7 Å². The van der Waals surface area contributed by atoms with Gasteiger partial charge in [0.05, 0.1) is 0 Å². The minimum absolute atomic E-state index is 0. The van der Waals surface area contributed by atoms with Crippen LogP contribution in [0.2, 0.25) is 0 Å². The van der Waals surface area contributed by atoms with E-state index in [1.165, 1.54) is 0 Å². The van der Waals surface area contributed by atoms with Gasteiger partial charge in [-0.25, -0.2) is 0 Å². The zero-order valence-electron chi connectivity index (χ0n) is 12.5. The van der Waals surface area contributed by atoms with E-state index in [0.717, 1.165) is 25.7 Å². The van der Waals surface area contributed by atoms with E-state index in [1.54, 1.807) is 0 Å². The molecule has 0 amide bonds. The fourth-order valence-electron chi connectivity index (χ4n) is 1.59. The molecule has 19 heavy (non-hydrogen) atoms. The molecule has 0 radical (unpaired) electrons. The maximum Gasteiger partial charge on any atom is 2.00 e. The Labute approximate surface area is 129 Å². The summed E-state index contributed by atoms with van der Waals surface area (Å²) in [5.41, 5.74) is 0. The van der Waals surface area contributed by atoms with Crippen LogP contribution in [0.3, 0.4) is 0 Å². The van der Waals surface area contributed by atoms with Crippen LogP contribution < -0.4 is 9.79 Å². The molecule has 4 nitrogen and oxygen atoms in total. The molecule has 0 rings (SSSR count). The number of hydrogen-bond donors (Lipinski definition) is 0. The van der Waals surface area contributed by atoms with Gasteiger partial charge in [0.25, 0.3) is 0 Å². The molecule has 0 heterocycles. The fourth-order valence-corrected chi connectivity index (χ4v) is 4.76. The van der Waals surface area contributed by atoms with E-state index in [9.17, 15) is 18.9 Å². The van der Waals surface area contributed by atoms with Crippen LogP contribution in [0.4, 0.5) is 0 Å². The second-order valence-corrected chi connectivity index (χ2v) is 9.57. The first kappa shape index (κ1) is 24.9. The van der Waals surface area contributed by atoms with Crippen molar-refractivity contribution in [2.45, 2.75) is 53.4 Å². The third kappa shape index (κ3) is 18.9. The first-order chi connectivity index (χ1) is 8.24. The van der Waals surface area contributed by atoms with Crippen molar-refractivity contribution in [1.82, 2.24) is 0 Å². The van der Waals surface area contributed by atoms with Crippen molar-refractivity contribution >= 4 is 14.7 Å². The zero-order chi connectivity index (χ0) is 14.7. The summed E-state index contributed by atoms with van der Waals surface area (Å²) in [7, 11) is -5.89. The van der Waals surface area contributed by atoms with Gasteiger partial charge in [-0.05, 0) is 24.6 Å². The van der Waals surface area contributed by atoms with E-state index in [4.69, 9.17) is 0 Å². The summed E-state index contributed by atoms with van der Waals surface area (Å²) in [5.74, 6) is 0. The SMILES string of the molecule is CCCP(=O)([O-])CCC.CCCP(=O)([O-])CCC.[Fe+2]. The summed E-state index contributed by atoms with van der Waals surface area (Å²) < 4.78 is 21.7. The van der Waals surface area contributed by atoms with Gasteiger partial charge in [0.1, 0.15) is 0 Å². The molecule has 0 fully saturated rings. The van der Waals surface area contributed by atoms with Gasteiger partial charge >= 0.3 is 17.1 Å². The van der Waals surface area contributed by atoms with E-state index in [1.807, 2.05) is 27.7 Å². The fraction of sp³-hybridized carbons (Fsp3) is 1.00. The third-order valence-electron chi connectivity index (χ3n) is 2.26. The maximum atomic E-state index is 10.9. The molecule has 118 valence electrons. The Hall–Kier alpha value is 0.899. The first-order valence-corrected chi connectivity index (χ1v) is 10.8. The minimum atomic E-state index is -2.94. The Balaban J connectivity index is -0.000000256. The van der Waals surface area contributed by atoms with E-state index in [-0.39, 0.29) is 17.1 Å². The summed E-state index contributed by atoms with van der Waals surface area (Å²) in [6, 6.07) is 0. The van der Waals surface area contributed by atoms with E-state index >= 15 is 0 Å². The molecule has 0 aromatic heterocycles. The molecule has 0 aliphatic carbocycles. The molecule has 0 aliphatic heterocycles. The smallest absolute Gasteiger partial charge is 0.799 e. The summed E-state index contributed by atoms with van der Waals surface area (Å²) in [5, 5.41) is 0. The van der Waals surface area contributed by atoms with Crippen LogP contribution in [0, 0.1) is 0 Å². The summed E-state index contributed by atoms with van der Waals surface area (Å²) in [6.07, 6.45) is 4.51. The van der Waals surface area contributed by atoms with Crippen molar-refractivity contribution in [2.24, 2.45) is 0 Å². The molecule has 0 bridgehead atoms. The number of hydrogen-bond acceptors (Lipinski definition) is 4. The molecule has 0 saturated carbocycles. The Bertz CT molecular complexity index is 237. The van der Waals surface area contributed by atoms with Gasteiger partial charge in [-0.1, -0.05) is 53.4 Å². The van der Waals surface area contributed by atoms with E-state index in [0.29, 0.717) is 24.6 Å². The van der Waals surface area contributed by atoms with E-state index in [2.05, 4.69) is 0 Å². The zero-order valence-corrected chi connectivity index (χ0v) is 15.4. The molecular formula is C12H28FeO4P2. The van der Waals surface area contributed by atoms with E-state index < -0.39 is 14.7 Å². The van der Waals surface area contributed by atoms with Gasteiger partial charge in [-0.2, -0.15) is 0 Å². The largest absolute Gasteiger partial charge is 2.00 e. The van der Waals surface area contributed by atoms with Crippen LogP contribution in [0.15, 0.2) is 0 Å². The normalized spacial score (nSPS) is 11.3. The summed E-state index contributed by atoms with van der Waals surface area (Å²) in [6.45, 7) is 7.56. The summed E-state index contributed by atoms with van der Waals surface area (Å²) >= 11 is 0. The third-order valence-corrected chi connectivity index (χ3v) is 6.77. The monoisotopic (exact) mass is 354 g/mol. The van der Waals surface area contributed by atoms with Crippen molar-refractivity contribution in [3.8, 4) is 0 Å². The Morgan fingerprint density at radius 3 is 0.895 bits per heavy atom. The van der Waals surface area contributed by atoms with Crippen LogP contribution in [-0.2, 0) is 26.2 Å². The molecule has 0 spiro atoms. The average Bonchev–Trinajstić information content (AvgIpc) is 2.17. The van der Waals surface area contributed by atoms with Crippen LogP contribution in [0.25, 0.3) is 0 Å². The molecule has 0 aromatic rings. The Kier molecular flexibility index (Phi) is 18.2. The quantitative estimate of drug-likeness (QED) is 0.496. The van der Waals surface area contributed by atoms with Crippen molar-refractivity contribution in [3.63, 3.8) is 0 Å². The maximum absolute atomic E-state index is 10.9. The molecule has 0 N–H and O–H groups in total. The molecule has 0 aromatic carbocycles. The van der Waals surface area contributed by atoms with Gasteiger partial charge in [-0.15, -0.1) is 0 Å². The van der Waals surface area contributed by atoms with Crippen LogP contribution in [-0.4, -0.2) is 24.6 Å². The Morgan fingerprint density at radius 2 is 0.789 bits per heavy atom. The predicted molar refractivity (Wildman–Crippen MR) is 75.8 cm³/mol. The van der Waals surface area contributed by atoms with Crippen LogP contribution in [0.5, 0.6) is 0 Å². The molecule has 0 unspecified atom stereocenters. The van der Waals surface area contributed by atoms with Crippen molar-refractivity contribution in [1.29, 1.82) is 0 Å². The second-order valence-electron chi connectivity index (χ2n) is 4.52. The minimum Gasteiger partial charge on any atom is -0.799 e. The van der Waals surface area contributed by atoms with Crippen molar-refractivity contribution in [3.05, 3.63) is 0 Å². The molecule has 7 heteroatoms. The second kappa shape index (κ2) is 13.9. The van der Waals surface area contributed by atoms with Crippen molar-refractivity contribution < 1.29 is 36.0 Å². The topological polar surface area (TPSA) is 80.3 Å². The van der Waals surface area contributed by atoms with Gasteiger partial charge < -0.3 is 18.9 Å². The predicted octanol–water partition coefficient (Wildman–Crippen LogP) is 2.89. The molecular weight excluding hydrogens is 326 g/mol. The Morgan fingerprint density at radius 1 is 0.632 bits per heavy atom. The van der Waals surface area contributed by atoms with Gasteiger partial charge in [0, 0.05) is 14.7 Å². The van der Waals surface area contributed by atoms with Gasteiger partial charge in [-0.3, -0.25) is 0 Å².